The first kappa shape index (κ1) is 13.9. The monoisotopic (exact) mass is 273 g/mol. The van der Waals surface area contributed by atoms with Crippen molar-refractivity contribution in [3.05, 3.63) is 22.7 Å². The van der Waals surface area contributed by atoms with E-state index in [1.165, 1.54) is 12.3 Å². The second kappa shape index (κ2) is 5.23. The summed E-state index contributed by atoms with van der Waals surface area (Å²) in [5.74, 6) is 0.0150. The van der Waals surface area contributed by atoms with Gasteiger partial charge >= 0.3 is 5.69 Å². The lowest BCUT2D eigenvalue weighted by Crippen LogP contribution is -2.40. The first-order chi connectivity index (χ1) is 8.95. The van der Waals surface area contributed by atoms with Crippen molar-refractivity contribution < 1.29 is 25.2 Å². The Bertz CT molecular complexity index is 506. The van der Waals surface area contributed by atoms with Crippen molar-refractivity contribution in [2.45, 2.75) is 30.6 Å². The van der Waals surface area contributed by atoms with E-state index in [4.69, 9.17) is 15.6 Å². The third kappa shape index (κ3) is 2.46. The summed E-state index contributed by atoms with van der Waals surface area (Å²) in [4.78, 5) is 15.1. The molecule has 0 amide bonds. The van der Waals surface area contributed by atoms with E-state index >= 15 is 0 Å². The number of anilines is 1. The molecule has 19 heavy (non-hydrogen) atoms. The van der Waals surface area contributed by atoms with Gasteiger partial charge in [0.1, 0.15) is 30.2 Å². The first-order valence-electron chi connectivity index (χ1n) is 5.61. The van der Waals surface area contributed by atoms with Crippen molar-refractivity contribution >= 4 is 5.82 Å². The van der Waals surface area contributed by atoms with E-state index < -0.39 is 42.9 Å². The van der Waals surface area contributed by atoms with E-state index in [1.54, 1.807) is 0 Å². The Hall–Kier alpha value is -1.52. The van der Waals surface area contributed by atoms with Gasteiger partial charge in [0.2, 0.25) is 0 Å². The molecule has 2 heterocycles. The van der Waals surface area contributed by atoms with Gasteiger partial charge in [0.15, 0.2) is 6.23 Å². The minimum atomic E-state index is -1.44. The number of aliphatic hydroxyl groups excluding tert-OH is 4. The Balaban J connectivity index is 2.29. The number of rotatable bonds is 3. The summed E-state index contributed by atoms with van der Waals surface area (Å²) >= 11 is 0. The minimum Gasteiger partial charge on any atom is -0.394 e. The predicted molar refractivity (Wildman–Crippen MR) is 61.9 cm³/mol. The van der Waals surface area contributed by atoms with Crippen LogP contribution >= 0.6 is 0 Å². The van der Waals surface area contributed by atoms with Gasteiger partial charge in [-0.15, -0.1) is 0 Å². The average molecular weight is 273 g/mol. The maximum absolute atomic E-state index is 11.6. The quantitative estimate of drug-likeness (QED) is 0.386. The number of nitrogens with zero attached hydrogens (tertiary/aromatic N) is 2. The van der Waals surface area contributed by atoms with Crippen LogP contribution in [0.5, 0.6) is 0 Å². The fourth-order valence-corrected chi connectivity index (χ4v) is 1.96. The van der Waals surface area contributed by atoms with E-state index in [9.17, 15) is 20.1 Å². The van der Waals surface area contributed by atoms with Gasteiger partial charge in [0.25, 0.3) is 0 Å². The summed E-state index contributed by atoms with van der Waals surface area (Å²) in [7, 11) is 0. The predicted octanol–water partition coefficient (Wildman–Crippen LogP) is -3.20. The van der Waals surface area contributed by atoms with Gasteiger partial charge in [-0.1, -0.05) is 0 Å². The van der Waals surface area contributed by atoms with Crippen LogP contribution in [0.2, 0.25) is 0 Å². The fourth-order valence-electron chi connectivity index (χ4n) is 1.96. The van der Waals surface area contributed by atoms with Crippen LogP contribution in [0, 0.1) is 0 Å². The standard InChI is InChI=1S/C10H15N3O6/c11-5-1-2-13(10(18)12-5)9-7(17)6(16)8(19-9)4(15)3-14/h1-2,4,6-9,14-17H,3H2,(H2,11,12,18)/t4-,6+,7-,8-,9-/m1/s1. The molecule has 6 N–H and O–H groups in total. The molecule has 1 aliphatic heterocycles. The molecule has 9 nitrogen and oxygen atoms in total. The zero-order valence-electron chi connectivity index (χ0n) is 9.83. The lowest BCUT2D eigenvalue weighted by atomic mass is 10.1. The maximum Gasteiger partial charge on any atom is 0.351 e. The number of aromatic nitrogens is 2. The average Bonchev–Trinajstić information content (AvgIpc) is 2.66. The van der Waals surface area contributed by atoms with Crippen molar-refractivity contribution in [1.82, 2.24) is 9.55 Å². The molecule has 1 aromatic heterocycles. The van der Waals surface area contributed by atoms with Gasteiger partial charge in [-0.3, -0.25) is 4.57 Å². The molecule has 1 aliphatic rings. The molecule has 9 heteroatoms. The molecular formula is C10H15N3O6. The lowest BCUT2D eigenvalue weighted by Gasteiger charge is -2.18. The zero-order valence-corrected chi connectivity index (χ0v) is 9.83. The molecule has 0 bridgehead atoms. The third-order valence-electron chi connectivity index (χ3n) is 2.97. The Labute approximate surface area is 107 Å². The molecule has 106 valence electrons. The second-order valence-electron chi connectivity index (χ2n) is 4.26. The normalized spacial score (nSPS) is 32.4. The van der Waals surface area contributed by atoms with Crippen molar-refractivity contribution in [3.63, 3.8) is 0 Å². The number of ether oxygens (including phenoxy) is 1. The van der Waals surface area contributed by atoms with Crippen molar-refractivity contribution in [1.29, 1.82) is 0 Å². The van der Waals surface area contributed by atoms with Crippen LogP contribution in [0.4, 0.5) is 5.82 Å². The molecule has 0 saturated carbocycles. The van der Waals surface area contributed by atoms with Gasteiger partial charge in [0, 0.05) is 6.20 Å². The number of nitrogen functional groups attached to an aromatic ring is 1. The van der Waals surface area contributed by atoms with E-state index in [-0.39, 0.29) is 5.82 Å². The third-order valence-corrected chi connectivity index (χ3v) is 2.97. The largest absolute Gasteiger partial charge is 0.394 e. The van der Waals surface area contributed by atoms with Crippen LogP contribution in [0.25, 0.3) is 0 Å². The van der Waals surface area contributed by atoms with Crippen LogP contribution in [-0.4, -0.2) is 61.0 Å². The molecule has 5 atom stereocenters. The van der Waals surface area contributed by atoms with E-state index in [0.29, 0.717) is 0 Å². The van der Waals surface area contributed by atoms with Gasteiger partial charge in [-0.05, 0) is 6.07 Å². The van der Waals surface area contributed by atoms with Crippen molar-refractivity contribution in [3.8, 4) is 0 Å². The smallest absolute Gasteiger partial charge is 0.351 e. The summed E-state index contributed by atoms with van der Waals surface area (Å²) in [6.07, 6.45) is -5.38. The second-order valence-corrected chi connectivity index (χ2v) is 4.26. The number of hydrogen-bond donors (Lipinski definition) is 5. The molecule has 2 rings (SSSR count). The van der Waals surface area contributed by atoms with E-state index in [0.717, 1.165) is 4.57 Å². The Morgan fingerprint density at radius 1 is 1.47 bits per heavy atom. The molecule has 0 spiro atoms. The molecular weight excluding hydrogens is 258 g/mol. The highest BCUT2D eigenvalue weighted by Crippen LogP contribution is 2.30. The molecule has 1 saturated heterocycles. The molecule has 1 aromatic rings. The topological polar surface area (TPSA) is 151 Å². The number of nitrogens with two attached hydrogens (primary N) is 1. The summed E-state index contributed by atoms with van der Waals surface area (Å²) in [5, 5.41) is 37.8. The minimum absolute atomic E-state index is 0.0150. The lowest BCUT2D eigenvalue weighted by molar-refractivity contribution is -0.0981. The van der Waals surface area contributed by atoms with Gasteiger partial charge in [-0.25, -0.2) is 4.79 Å². The molecule has 0 aromatic carbocycles. The van der Waals surface area contributed by atoms with Gasteiger partial charge in [-0.2, -0.15) is 4.98 Å². The summed E-state index contributed by atoms with van der Waals surface area (Å²) in [6.45, 7) is -0.643. The molecule has 0 unspecified atom stereocenters. The highest BCUT2D eigenvalue weighted by atomic mass is 16.6. The maximum atomic E-state index is 11.6. The van der Waals surface area contributed by atoms with E-state index in [1.807, 2.05) is 0 Å². The van der Waals surface area contributed by atoms with Crippen LogP contribution < -0.4 is 11.4 Å². The summed E-state index contributed by atoms with van der Waals surface area (Å²) in [5.41, 5.74) is 4.58. The van der Waals surface area contributed by atoms with E-state index in [2.05, 4.69) is 4.98 Å². The Morgan fingerprint density at radius 2 is 2.16 bits per heavy atom. The number of hydrogen-bond acceptors (Lipinski definition) is 8. The molecule has 0 radical (unpaired) electrons. The Kier molecular flexibility index (Phi) is 3.83. The summed E-state index contributed by atoms with van der Waals surface area (Å²) < 4.78 is 6.17. The van der Waals surface area contributed by atoms with Crippen molar-refractivity contribution in [2.75, 3.05) is 12.3 Å². The van der Waals surface area contributed by atoms with Crippen LogP contribution in [0.3, 0.4) is 0 Å². The number of aliphatic hydroxyl groups is 4. The van der Waals surface area contributed by atoms with Gasteiger partial charge < -0.3 is 30.9 Å². The van der Waals surface area contributed by atoms with Gasteiger partial charge in [0.05, 0.1) is 6.61 Å². The Morgan fingerprint density at radius 3 is 2.74 bits per heavy atom. The van der Waals surface area contributed by atoms with Crippen LogP contribution in [0.1, 0.15) is 6.23 Å². The van der Waals surface area contributed by atoms with Crippen LogP contribution in [0.15, 0.2) is 17.1 Å². The first-order valence-corrected chi connectivity index (χ1v) is 5.61. The fraction of sp³-hybridized carbons (Fsp3) is 0.600. The highest BCUT2D eigenvalue weighted by Gasteiger charge is 2.46. The highest BCUT2D eigenvalue weighted by molar-refractivity contribution is 5.23. The molecule has 0 aliphatic carbocycles. The van der Waals surface area contributed by atoms with Crippen molar-refractivity contribution in [2.24, 2.45) is 0 Å². The molecule has 1 fully saturated rings. The summed E-state index contributed by atoms with van der Waals surface area (Å²) in [6, 6.07) is 1.33. The SMILES string of the molecule is Nc1ccn([C@@H]2O[C@H]([C@H](O)CO)[C@@H](O)[C@H]2O)c(=O)n1. The van der Waals surface area contributed by atoms with Crippen LogP contribution in [-0.2, 0) is 4.74 Å². The zero-order chi connectivity index (χ0) is 14.2.